The maximum atomic E-state index is 13.9. The standard InChI is InChI=1S/C15H15BrF2N2OS.2ClH/c16-10-8-9(15(21)13(18)12(10)17)14(11-2-1-7-22-11)20-5-3-19-4-6-20;;/h1-2,7-8,14,19,21H,3-6H2;2*1H/t14-;;/m0../s1. The molecule has 3 nitrogen and oxygen atoms in total. The summed E-state index contributed by atoms with van der Waals surface area (Å²) in [6, 6.07) is 5.06. The highest BCUT2D eigenvalue weighted by Gasteiger charge is 2.30. The van der Waals surface area contributed by atoms with E-state index in [4.69, 9.17) is 0 Å². The van der Waals surface area contributed by atoms with Gasteiger partial charge in [0, 0.05) is 36.6 Å². The quantitative estimate of drug-likeness (QED) is 0.667. The van der Waals surface area contributed by atoms with Crippen LogP contribution in [0, 0.1) is 11.6 Å². The van der Waals surface area contributed by atoms with Crippen molar-refractivity contribution >= 4 is 52.1 Å². The lowest BCUT2D eigenvalue weighted by Gasteiger charge is -2.35. The zero-order valence-electron chi connectivity index (χ0n) is 12.5. The van der Waals surface area contributed by atoms with Crippen molar-refractivity contribution in [2.75, 3.05) is 26.2 Å². The molecule has 2 aromatic rings. The number of halogens is 5. The maximum absolute atomic E-state index is 13.9. The minimum absolute atomic E-state index is 0. The van der Waals surface area contributed by atoms with Gasteiger partial charge < -0.3 is 10.4 Å². The molecule has 0 radical (unpaired) electrons. The Morgan fingerprint density at radius 2 is 1.88 bits per heavy atom. The van der Waals surface area contributed by atoms with Crippen LogP contribution in [-0.2, 0) is 0 Å². The normalized spacial score (nSPS) is 16.1. The Hall–Kier alpha value is -0.440. The van der Waals surface area contributed by atoms with Crippen LogP contribution in [0.15, 0.2) is 28.1 Å². The first-order valence-electron chi connectivity index (χ1n) is 6.94. The largest absolute Gasteiger partial charge is 0.505 e. The van der Waals surface area contributed by atoms with Crippen LogP contribution in [0.4, 0.5) is 8.78 Å². The molecule has 1 atom stereocenters. The van der Waals surface area contributed by atoms with Gasteiger partial charge in [-0.3, -0.25) is 4.90 Å². The Morgan fingerprint density at radius 1 is 1.21 bits per heavy atom. The predicted molar refractivity (Wildman–Crippen MR) is 101 cm³/mol. The molecule has 0 spiro atoms. The molecule has 9 heteroatoms. The number of hydrogen-bond donors (Lipinski definition) is 2. The minimum atomic E-state index is -1.21. The van der Waals surface area contributed by atoms with E-state index in [0.29, 0.717) is 5.56 Å². The topological polar surface area (TPSA) is 35.5 Å². The van der Waals surface area contributed by atoms with Crippen LogP contribution in [-0.4, -0.2) is 36.2 Å². The molecule has 0 unspecified atom stereocenters. The number of benzene rings is 1. The molecular formula is C15H17BrCl2F2N2OS. The average Bonchev–Trinajstić information content (AvgIpc) is 3.05. The van der Waals surface area contributed by atoms with E-state index in [0.717, 1.165) is 31.1 Å². The summed E-state index contributed by atoms with van der Waals surface area (Å²) in [5.74, 6) is -2.88. The molecule has 0 bridgehead atoms. The second-order valence-electron chi connectivity index (χ2n) is 5.13. The van der Waals surface area contributed by atoms with Gasteiger partial charge in [-0.25, -0.2) is 4.39 Å². The van der Waals surface area contributed by atoms with E-state index in [-0.39, 0.29) is 35.3 Å². The Kier molecular flexibility index (Phi) is 8.38. The predicted octanol–water partition coefficient (Wildman–Crippen LogP) is 4.33. The third-order valence-corrected chi connectivity index (χ3v) is 5.29. The van der Waals surface area contributed by atoms with E-state index >= 15 is 0 Å². The highest BCUT2D eigenvalue weighted by Crippen LogP contribution is 2.40. The molecular weight excluding hydrogens is 445 g/mol. The second kappa shape index (κ2) is 9.31. The van der Waals surface area contributed by atoms with Gasteiger partial charge in [0.15, 0.2) is 11.6 Å². The van der Waals surface area contributed by atoms with Crippen LogP contribution in [0.1, 0.15) is 16.5 Å². The van der Waals surface area contributed by atoms with Gasteiger partial charge in [-0.2, -0.15) is 4.39 Å². The summed E-state index contributed by atoms with van der Waals surface area (Å²) in [4.78, 5) is 3.16. The van der Waals surface area contributed by atoms with Crippen LogP contribution in [0.5, 0.6) is 5.75 Å². The zero-order chi connectivity index (χ0) is 15.7. The molecule has 1 fully saturated rings. The van der Waals surface area contributed by atoms with Crippen LogP contribution in [0.25, 0.3) is 0 Å². The van der Waals surface area contributed by atoms with Crippen molar-refractivity contribution in [3.63, 3.8) is 0 Å². The molecule has 1 aromatic heterocycles. The number of thiophene rings is 1. The number of phenols is 1. The Balaban J connectivity index is 0.00000144. The Morgan fingerprint density at radius 3 is 2.46 bits per heavy atom. The molecule has 0 aliphatic carbocycles. The van der Waals surface area contributed by atoms with Crippen molar-refractivity contribution < 1.29 is 13.9 Å². The van der Waals surface area contributed by atoms with Gasteiger partial charge in [0.2, 0.25) is 5.82 Å². The SMILES string of the molecule is Cl.Cl.Oc1c([C@@H](c2cccs2)N2CCNCC2)cc(Br)c(F)c1F. The number of phenolic OH excluding ortho intramolecular Hbond substituents is 1. The van der Waals surface area contributed by atoms with Gasteiger partial charge in [-0.1, -0.05) is 6.07 Å². The highest BCUT2D eigenvalue weighted by atomic mass is 79.9. The van der Waals surface area contributed by atoms with E-state index < -0.39 is 17.4 Å². The van der Waals surface area contributed by atoms with Crippen molar-refractivity contribution in [3.8, 4) is 5.75 Å². The smallest absolute Gasteiger partial charge is 0.201 e. The summed E-state index contributed by atoms with van der Waals surface area (Å²) in [7, 11) is 0. The van der Waals surface area contributed by atoms with Crippen LogP contribution in [0.2, 0.25) is 0 Å². The van der Waals surface area contributed by atoms with Crippen LogP contribution in [0.3, 0.4) is 0 Å². The van der Waals surface area contributed by atoms with E-state index in [1.165, 1.54) is 17.4 Å². The first kappa shape index (κ1) is 21.6. The third-order valence-electron chi connectivity index (χ3n) is 3.79. The van der Waals surface area contributed by atoms with Crippen LogP contribution >= 0.6 is 52.1 Å². The first-order valence-corrected chi connectivity index (χ1v) is 8.61. The van der Waals surface area contributed by atoms with E-state index in [9.17, 15) is 13.9 Å². The van der Waals surface area contributed by atoms with Gasteiger partial charge >= 0.3 is 0 Å². The molecule has 134 valence electrons. The van der Waals surface area contributed by atoms with Crippen molar-refractivity contribution in [3.05, 3.63) is 50.1 Å². The van der Waals surface area contributed by atoms with Gasteiger partial charge in [-0.15, -0.1) is 36.2 Å². The summed E-state index contributed by atoms with van der Waals surface area (Å²) in [5.41, 5.74) is 0.384. The summed E-state index contributed by atoms with van der Waals surface area (Å²) in [5, 5.41) is 15.3. The number of nitrogens with one attached hydrogen (secondary N) is 1. The van der Waals surface area contributed by atoms with E-state index in [1.807, 2.05) is 17.5 Å². The van der Waals surface area contributed by atoms with E-state index in [1.54, 1.807) is 0 Å². The lowest BCUT2D eigenvalue weighted by molar-refractivity contribution is 0.197. The molecule has 3 rings (SSSR count). The second-order valence-corrected chi connectivity index (χ2v) is 6.96. The molecule has 2 heterocycles. The number of rotatable bonds is 3. The molecule has 0 saturated carbocycles. The number of hydrogen-bond acceptors (Lipinski definition) is 4. The lowest BCUT2D eigenvalue weighted by atomic mass is 10.0. The van der Waals surface area contributed by atoms with E-state index in [2.05, 4.69) is 26.1 Å². The fourth-order valence-electron chi connectivity index (χ4n) is 2.73. The molecule has 0 amide bonds. The summed E-state index contributed by atoms with van der Waals surface area (Å²) < 4.78 is 27.6. The van der Waals surface area contributed by atoms with Crippen LogP contribution < -0.4 is 5.32 Å². The maximum Gasteiger partial charge on any atom is 0.201 e. The number of nitrogens with zero attached hydrogens (tertiary/aromatic N) is 1. The summed E-state index contributed by atoms with van der Waals surface area (Å²) in [6.07, 6.45) is 0. The lowest BCUT2D eigenvalue weighted by Crippen LogP contribution is -2.45. The molecule has 1 aliphatic rings. The molecule has 1 aromatic carbocycles. The first-order chi connectivity index (χ1) is 10.6. The molecule has 1 saturated heterocycles. The summed E-state index contributed by atoms with van der Waals surface area (Å²) in [6.45, 7) is 3.21. The Bertz CT molecular complexity index is 670. The molecule has 24 heavy (non-hydrogen) atoms. The minimum Gasteiger partial charge on any atom is -0.505 e. The summed E-state index contributed by atoms with van der Waals surface area (Å²) >= 11 is 4.57. The molecule has 2 N–H and O–H groups in total. The monoisotopic (exact) mass is 460 g/mol. The third kappa shape index (κ3) is 4.20. The van der Waals surface area contributed by atoms with Crippen molar-refractivity contribution in [2.45, 2.75) is 6.04 Å². The van der Waals surface area contributed by atoms with Gasteiger partial charge in [0.05, 0.1) is 10.5 Å². The van der Waals surface area contributed by atoms with Gasteiger partial charge in [-0.05, 0) is 33.4 Å². The highest BCUT2D eigenvalue weighted by molar-refractivity contribution is 9.10. The van der Waals surface area contributed by atoms with Crippen molar-refractivity contribution in [2.24, 2.45) is 0 Å². The number of aromatic hydroxyl groups is 1. The van der Waals surface area contributed by atoms with Gasteiger partial charge in [0.25, 0.3) is 0 Å². The fraction of sp³-hybridized carbons (Fsp3) is 0.333. The Labute approximate surface area is 164 Å². The molecule has 1 aliphatic heterocycles. The number of piperazine rings is 1. The average molecular weight is 462 g/mol. The van der Waals surface area contributed by atoms with Gasteiger partial charge in [0.1, 0.15) is 0 Å². The van der Waals surface area contributed by atoms with Crippen molar-refractivity contribution in [1.29, 1.82) is 0 Å². The zero-order valence-corrected chi connectivity index (χ0v) is 16.5. The fourth-order valence-corrected chi connectivity index (χ4v) is 4.03. The van der Waals surface area contributed by atoms with Crippen molar-refractivity contribution in [1.82, 2.24) is 10.2 Å².